The fourth-order valence-corrected chi connectivity index (χ4v) is 1.35. The van der Waals surface area contributed by atoms with Gasteiger partial charge in [0.1, 0.15) is 11.6 Å². The molecule has 0 aliphatic heterocycles. The number of amides is 1. The molecule has 0 radical (unpaired) electrons. The molecule has 1 unspecified atom stereocenters. The lowest BCUT2D eigenvalue weighted by Crippen LogP contribution is -2.38. The van der Waals surface area contributed by atoms with Crippen LogP contribution < -0.4 is 5.32 Å². The van der Waals surface area contributed by atoms with E-state index in [1.165, 1.54) is 6.92 Å². The Balaban J connectivity index is 3.10. The number of aliphatic carboxylic acids is 1. The maximum absolute atomic E-state index is 11.7. The highest BCUT2D eigenvalue weighted by molar-refractivity contribution is 6.32. The third kappa shape index (κ3) is 2.92. The number of hydrogen-bond acceptors (Lipinski definition) is 5. The van der Waals surface area contributed by atoms with E-state index in [2.05, 4.69) is 10.3 Å². The van der Waals surface area contributed by atoms with Crippen LogP contribution in [-0.2, 0) is 4.79 Å². The highest BCUT2D eigenvalue weighted by atomic mass is 35.5. The molecule has 18 heavy (non-hydrogen) atoms. The molecule has 96 valence electrons. The summed E-state index contributed by atoms with van der Waals surface area (Å²) in [5.74, 6) is -2.16. The van der Waals surface area contributed by atoms with E-state index in [0.29, 0.717) is 0 Å². The Morgan fingerprint density at radius 1 is 1.61 bits per heavy atom. The van der Waals surface area contributed by atoms with Crippen molar-refractivity contribution >= 4 is 29.2 Å². The molecule has 0 saturated heterocycles. The van der Waals surface area contributed by atoms with Crippen LogP contribution >= 0.6 is 11.6 Å². The van der Waals surface area contributed by atoms with Crippen molar-refractivity contribution < 1.29 is 19.6 Å². The lowest BCUT2D eigenvalue weighted by Gasteiger charge is -2.09. The van der Waals surface area contributed by atoms with Gasteiger partial charge in [0.25, 0.3) is 5.91 Å². The summed E-state index contributed by atoms with van der Waals surface area (Å²) in [6, 6.07) is -0.0856. The predicted octanol–water partition coefficient (Wildman–Crippen LogP) is 0.846. The second-order valence-corrected chi connectivity index (χ2v) is 3.65. The average Bonchev–Trinajstić information content (AvgIpc) is 2.27. The van der Waals surface area contributed by atoms with Gasteiger partial charge >= 0.3 is 11.7 Å². The van der Waals surface area contributed by atoms with Crippen LogP contribution in [0.1, 0.15) is 17.3 Å². The van der Waals surface area contributed by atoms with Crippen LogP contribution in [0.3, 0.4) is 0 Å². The number of rotatable bonds is 4. The van der Waals surface area contributed by atoms with E-state index in [9.17, 15) is 19.7 Å². The summed E-state index contributed by atoms with van der Waals surface area (Å²) in [6.45, 7) is 1.23. The zero-order valence-electron chi connectivity index (χ0n) is 9.08. The fraction of sp³-hybridized carbons (Fsp3) is 0.222. The van der Waals surface area contributed by atoms with Gasteiger partial charge in [0.2, 0.25) is 5.15 Å². The summed E-state index contributed by atoms with van der Waals surface area (Å²) < 4.78 is 0. The number of carboxylic acids is 1. The molecule has 1 aromatic rings. The Labute approximate surface area is 106 Å². The van der Waals surface area contributed by atoms with Gasteiger partial charge in [-0.25, -0.2) is 4.98 Å². The number of carboxylic acid groups (broad SMARTS) is 1. The molecule has 0 saturated carbocycles. The number of aromatic nitrogens is 1. The molecule has 0 bridgehead atoms. The van der Waals surface area contributed by atoms with Gasteiger partial charge in [-0.1, -0.05) is 11.6 Å². The number of halogens is 1. The predicted molar refractivity (Wildman–Crippen MR) is 60.5 cm³/mol. The normalized spacial score (nSPS) is 11.7. The number of nitrogens with zero attached hydrogens (tertiary/aromatic N) is 2. The van der Waals surface area contributed by atoms with Gasteiger partial charge in [-0.3, -0.25) is 19.7 Å². The Bertz CT molecular complexity index is 519. The highest BCUT2D eigenvalue weighted by Crippen LogP contribution is 2.25. The Morgan fingerprint density at radius 3 is 2.72 bits per heavy atom. The zero-order chi connectivity index (χ0) is 13.9. The van der Waals surface area contributed by atoms with Crippen LogP contribution in [0.4, 0.5) is 5.69 Å². The van der Waals surface area contributed by atoms with Gasteiger partial charge in [-0.15, -0.1) is 0 Å². The smallest absolute Gasteiger partial charge is 0.325 e. The monoisotopic (exact) mass is 273 g/mol. The molecule has 2 N–H and O–H groups in total. The second-order valence-electron chi connectivity index (χ2n) is 3.29. The summed E-state index contributed by atoms with van der Waals surface area (Å²) >= 11 is 5.52. The van der Waals surface area contributed by atoms with Gasteiger partial charge in [-0.05, 0) is 13.0 Å². The van der Waals surface area contributed by atoms with Crippen molar-refractivity contribution in [2.24, 2.45) is 0 Å². The molecule has 1 atom stereocenters. The quantitative estimate of drug-likeness (QED) is 0.476. The summed E-state index contributed by atoms with van der Waals surface area (Å²) in [4.78, 5) is 35.6. The van der Waals surface area contributed by atoms with Crippen molar-refractivity contribution in [3.63, 3.8) is 0 Å². The van der Waals surface area contributed by atoms with Crippen molar-refractivity contribution in [3.8, 4) is 0 Å². The molecule has 1 heterocycles. The van der Waals surface area contributed by atoms with Crippen molar-refractivity contribution in [2.45, 2.75) is 13.0 Å². The number of carbonyl (C=O) groups excluding carboxylic acids is 1. The van der Waals surface area contributed by atoms with E-state index < -0.39 is 33.7 Å². The summed E-state index contributed by atoms with van der Waals surface area (Å²) in [6.07, 6.45) is 1.12. The first-order chi connectivity index (χ1) is 8.34. The maximum Gasteiger partial charge on any atom is 0.325 e. The van der Waals surface area contributed by atoms with E-state index >= 15 is 0 Å². The summed E-state index contributed by atoms with van der Waals surface area (Å²) in [5.41, 5.74) is -0.998. The SMILES string of the molecule is CC(NC(=O)c1ccnc(Cl)c1[N+](=O)[O-])C(=O)O. The van der Waals surface area contributed by atoms with Gasteiger partial charge in [-0.2, -0.15) is 0 Å². The summed E-state index contributed by atoms with van der Waals surface area (Å²) in [7, 11) is 0. The number of carbonyl (C=O) groups is 2. The van der Waals surface area contributed by atoms with E-state index in [1.54, 1.807) is 0 Å². The van der Waals surface area contributed by atoms with Gasteiger partial charge in [0.05, 0.1) is 4.92 Å². The van der Waals surface area contributed by atoms with E-state index in [0.717, 1.165) is 12.3 Å². The fourth-order valence-electron chi connectivity index (χ4n) is 1.12. The van der Waals surface area contributed by atoms with E-state index in [1.807, 2.05) is 0 Å². The molecule has 0 spiro atoms. The van der Waals surface area contributed by atoms with Crippen molar-refractivity contribution in [2.75, 3.05) is 0 Å². The third-order valence-electron chi connectivity index (χ3n) is 2.02. The largest absolute Gasteiger partial charge is 0.480 e. The molecule has 1 aromatic heterocycles. The molecule has 1 amide bonds. The Kier molecular flexibility index (Phi) is 4.16. The molecule has 0 aliphatic carbocycles. The van der Waals surface area contributed by atoms with Crippen LogP contribution in [0.2, 0.25) is 5.15 Å². The van der Waals surface area contributed by atoms with Crippen LogP contribution in [-0.4, -0.2) is 32.9 Å². The minimum Gasteiger partial charge on any atom is -0.480 e. The lowest BCUT2D eigenvalue weighted by molar-refractivity contribution is -0.385. The highest BCUT2D eigenvalue weighted by Gasteiger charge is 2.26. The molecule has 0 aliphatic rings. The number of nitro groups is 1. The first-order valence-electron chi connectivity index (χ1n) is 4.67. The third-order valence-corrected chi connectivity index (χ3v) is 2.30. The van der Waals surface area contributed by atoms with Crippen LogP contribution in [0.5, 0.6) is 0 Å². The molecule has 0 aromatic carbocycles. The number of pyridine rings is 1. The molecular formula is C9H8ClN3O5. The standard InChI is InChI=1S/C9H8ClN3O5/c1-4(9(15)16)12-8(14)5-2-3-11-7(10)6(5)13(17)18/h2-4H,1H3,(H,12,14)(H,15,16). The molecule has 9 heteroatoms. The van der Waals surface area contributed by atoms with Crippen molar-refractivity contribution in [1.82, 2.24) is 10.3 Å². The molecular weight excluding hydrogens is 266 g/mol. The number of nitrogens with one attached hydrogen (secondary N) is 1. The Hall–Kier alpha value is -2.22. The van der Waals surface area contributed by atoms with Crippen molar-refractivity contribution in [3.05, 3.63) is 33.1 Å². The van der Waals surface area contributed by atoms with E-state index in [-0.39, 0.29) is 5.56 Å². The first kappa shape index (κ1) is 13.8. The van der Waals surface area contributed by atoms with E-state index in [4.69, 9.17) is 16.7 Å². The van der Waals surface area contributed by atoms with Gasteiger partial charge in [0, 0.05) is 6.20 Å². The topological polar surface area (TPSA) is 122 Å². The summed E-state index contributed by atoms with van der Waals surface area (Å²) in [5, 5.41) is 21.0. The molecule has 1 rings (SSSR count). The van der Waals surface area contributed by atoms with Crippen LogP contribution in [0.15, 0.2) is 12.3 Å². The van der Waals surface area contributed by atoms with Gasteiger partial charge < -0.3 is 10.4 Å². The van der Waals surface area contributed by atoms with Crippen molar-refractivity contribution in [1.29, 1.82) is 0 Å². The minimum atomic E-state index is -1.26. The minimum absolute atomic E-state index is 0.340. The maximum atomic E-state index is 11.7. The molecule has 8 nitrogen and oxygen atoms in total. The molecule has 0 fully saturated rings. The first-order valence-corrected chi connectivity index (χ1v) is 5.05. The average molecular weight is 274 g/mol. The number of hydrogen-bond donors (Lipinski definition) is 2. The zero-order valence-corrected chi connectivity index (χ0v) is 9.84. The lowest BCUT2D eigenvalue weighted by atomic mass is 10.2. The second kappa shape index (κ2) is 5.41. The van der Waals surface area contributed by atoms with Crippen LogP contribution in [0, 0.1) is 10.1 Å². The van der Waals surface area contributed by atoms with Crippen LogP contribution in [0.25, 0.3) is 0 Å². The van der Waals surface area contributed by atoms with Gasteiger partial charge in [0.15, 0.2) is 0 Å². The Morgan fingerprint density at radius 2 is 2.22 bits per heavy atom.